The standard InChI is InChI=1S/C18H20ClN5OS/c1-2-24-16(13-6-5-7-14(19)10-13)22-23-17(24)26-11-15(25)21-18(12-20)8-3-4-9-18/h5-7,10H,2-4,8-9,11H2,1H3,(H,21,25). The Morgan fingerprint density at radius 1 is 1.42 bits per heavy atom. The Bertz CT molecular complexity index is 838. The molecule has 2 aromatic rings. The topological polar surface area (TPSA) is 83.6 Å². The van der Waals surface area contributed by atoms with E-state index >= 15 is 0 Å². The lowest BCUT2D eigenvalue weighted by molar-refractivity contribution is -0.119. The molecule has 0 aliphatic heterocycles. The fourth-order valence-corrected chi connectivity index (χ4v) is 4.19. The molecule has 0 saturated heterocycles. The maximum absolute atomic E-state index is 12.3. The Morgan fingerprint density at radius 2 is 2.19 bits per heavy atom. The number of nitrogens with zero attached hydrogens (tertiary/aromatic N) is 4. The maximum Gasteiger partial charge on any atom is 0.231 e. The lowest BCUT2D eigenvalue weighted by Gasteiger charge is -2.21. The van der Waals surface area contributed by atoms with Gasteiger partial charge in [-0.05, 0) is 44.7 Å². The Morgan fingerprint density at radius 3 is 2.85 bits per heavy atom. The average Bonchev–Trinajstić information content (AvgIpc) is 3.27. The Kier molecular flexibility index (Phi) is 5.84. The van der Waals surface area contributed by atoms with Gasteiger partial charge in [0.2, 0.25) is 5.91 Å². The largest absolute Gasteiger partial charge is 0.337 e. The summed E-state index contributed by atoms with van der Waals surface area (Å²) in [6, 6.07) is 9.73. The number of nitrogens with one attached hydrogen (secondary N) is 1. The van der Waals surface area contributed by atoms with Crippen LogP contribution in [-0.2, 0) is 11.3 Å². The van der Waals surface area contributed by atoms with E-state index in [1.165, 1.54) is 11.8 Å². The van der Waals surface area contributed by atoms with Crippen molar-refractivity contribution >= 4 is 29.3 Å². The van der Waals surface area contributed by atoms with Crippen LogP contribution >= 0.6 is 23.4 Å². The molecule has 1 aliphatic carbocycles. The summed E-state index contributed by atoms with van der Waals surface area (Å²) in [4.78, 5) is 12.3. The van der Waals surface area contributed by atoms with Crippen LogP contribution in [0.15, 0.2) is 29.4 Å². The van der Waals surface area contributed by atoms with Gasteiger partial charge in [0.25, 0.3) is 0 Å². The zero-order valence-corrected chi connectivity index (χ0v) is 16.1. The molecule has 1 aliphatic rings. The molecule has 0 radical (unpaired) electrons. The molecule has 26 heavy (non-hydrogen) atoms. The van der Waals surface area contributed by atoms with Crippen LogP contribution in [0.2, 0.25) is 5.02 Å². The molecular formula is C18H20ClN5OS. The third-order valence-corrected chi connectivity index (χ3v) is 5.70. The number of rotatable bonds is 6. The van der Waals surface area contributed by atoms with Gasteiger partial charge in [0.05, 0.1) is 11.8 Å². The first kappa shape index (κ1) is 18.7. The summed E-state index contributed by atoms with van der Waals surface area (Å²) < 4.78 is 1.96. The van der Waals surface area contributed by atoms with Crippen molar-refractivity contribution in [1.82, 2.24) is 20.1 Å². The van der Waals surface area contributed by atoms with Crippen LogP contribution in [-0.4, -0.2) is 32.0 Å². The number of thioether (sulfide) groups is 1. The summed E-state index contributed by atoms with van der Waals surface area (Å²) in [6.45, 7) is 2.69. The van der Waals surface area contributed by atoms with E-state index in [9.17, 15) is 10.1 Å². The molecule has 1 heterocycles. The van der Waals surface area contributed by atoms with E-state index in [4.69, 9.17) is 11.6 Å². The first-order valence-corrected chi connectivity index (χ1v) is 9.97. The zero-order chi connectivity index (χ0) is 18.6. The number of hydrogen-bond donors (Lipinski definition) is 1. The fourth-order valence-electron chi connectivity index (χ4n) is 3.20. The fraction of sp³-hybridized carbons (Fsp3) is 0.444. The Labute approximate surface area is 161 Å². The molecule has 8 heteroatoms. The number of hydrogen-bond acceptors (Lipinski definition) is 5. The normalized spacial score (nSPS) is 15.6. The summed E-state index contributed by atoms with van der Waals surface area (Å²) in [5.74, 6) is 0.785. The molecule has 1 N–H and O–H groups in total. The number of carbonyl (C=O) groups excluding carboxylic acids is 1. The van der Waals surface area contributed by atoms with Gasteiger partial charge in [-0.25, -0.2) is 0 Å². The van der Waals surface area contributed by atoms with Crippen LogP contribution in [0.3, 0.4) is 0 Å². The van der Waals surface area contributed by atoms with E-state index in [-0.39, 0.29) is 11.7 Å². The predicted octanol–water partition coefficient (Wildman–Crippen LogP) is 3.66. The molecule has 0 atom stereocenters. The van der Waals surface area contributed by atoms with Crippen molar-refractivity contribution in [3.05, 3.63) is 29.3 Å². The van der Waals surface area contributed by atoms with Crippen molar-refractivity contribution < 1.29 is 4.79 Å². The molecule has 1 saturated carbocycles. The number of nitriles is 1. The van der Waals surface area contributed by atoms with E-state index in [2.05, 4.69) is 21.6 Å². The molecule has 1 fully saturated rings. The van der Waals surface area contributed by atoms with E-state index in [1.807, 2.05) is 35.8 Å². The number of amides is 1. The minimum Gasteiger partial charge on any atom is -0.337 e. The summed E-state index contributed by atoms with van der Waals surface area (Å²) >= 11 is 7.39. The van der Waals surface area contributed by atoms with Gasteiger partial charge in [-0.2, -0.15) is 5.26 Å². The van der Waals surface area contributed by atoms with Gasteiger partial charge < -0.3 is 9.88 Å². The van der Waals surface area contributed by atoms with Crippen LogP contribution in [0.1, 0.15) is 32.6 Å². The zero-order valence-electron chi connectivity index (χ0n) is 14.5. The average molecular weight is 390 g/mol. The number of carbonyl (C=O) groups is 1. The monoisotopic (exact) mass is 389 g/mol. The molecule has 136 valence electrons. The molecule has 0 unspecified atom stereocenters. The third-order valence-electron chi connectivity index (χ3n) is 4.50. The molecule has 0 bridgehead atoms. The first-order chi connectivity index (χ1) is 12.6. The molecular weight excluding hydrogens is 370 g/mol. The van der Waals surface area contributed by atoms with Crippen molar-refractivity contribution in [2.75, 3.05) is 5.75 Å². The highest BCUT2D eigenvalue weighted by Gasteiger charge is 2.35. The second-order valence-corrected chi connectivity index (χ2v) is 7.68. The van der Waals surface area contributed by atoms with E-state index in [1.54, 1.807) is 0 Å². The molecule has 1 aromatic heterocycles. The second-order valence-electron chi connectivity index (χ2n) is 6.30. The number of halogens is 1. The van der Waals surface area contributed by atoms with Crippen LogP contribution in [0.5, 0.6) is 0 Å². The smallest absolute Gasteiger partial charge is 0.231 e. The lowest BCUT2D eigenvalue weighted by atomic mass is 10.0. The van der Waals surface area contributed by atoms with Crippen molar-refractivity contribution in [2.24, 2.45) is 0 Å². The summed E-state index contributed by atoms with van der Waals surface area (Å²) in [5, 5.41) is 22.1. The lowest BCUT2D eigenvalue weighted by Crippen LogP contribution is -2.45. The van der Waals surface area contributed by atoms with E-state index in [0.29, 0.717) is 16.7 Å². The molecule has 1 amide bonds. The van der Waals surface area contributed by atoms with Crippen molar-refractivity contribution in [1.29, 1.82) is 5.26 Å². The minimum atomic E-state index is -0.692. The number of benzene rings is 1. The van der Waals surface area contributed by atoms with Gasteiger partial charge in [0.1, 0.15) is 5.54 Å². The van der Waals surface area contributed by atoms with Crippen molar-refractivity contribution in [3.8, 4) is 17.5 Å². The van der Waals surface area contributed by atoms with E-state index < -0.39 is 5.54 Å². The summed E-state index contributed by atoms with van der Waals surface area (Å²) in [6.07, 6.45) is 3.41. The molecule has 3 rings (SSSR count). The van der Waals surface area contributed by atoms with Crippen molar-refractivity contribution in [2.45, 2.75) is 49.8 Å². The van der Waals surface area contributed by atoms with Gasteiger partial charge in [0.15, 0.2) is 11.0 Å². The van der Waals surface area contributed by atoms with Crippen LogP contribution in [0.25, 0.3) is 11.4 Å². The molecule has 6 nitrogen and oxygen atoms in total. The van der Waals surface area contributed by atoms with Crippen LogP contribution < -0.4 is 5.32 Å². The van der Waals surface area contributed by atoms with Crippen molar-refractivity contribution in [3.63, 3.8) is 0 Å². The number of aromatic nitrogens is 3. The molecule has 1 aromatic carbocycles. The van der Waals surface area contributed by atoms with Crippen LogP contribution in [0, 0.1) is 11.3 Å². The van der Waals surface area contributed by atoms with Gasteiger partial charge in [-0.3, -0.25) is 4.79 Å². The Balaban J connectivity index is 1.69. The first-order valence-electron chi connectivity index (χ1n) is 8.61. The Hall–Kier alpha value is -2.04. The maximum atomic E-state index is 12.3. The van der Waals surface area contributed by atoms with Gasteiger partial charge in [0, 0.05) is 17.1 Å². The van der Waals surface area contributed by atoms with Gasteiger partial charge in [-0.15, -0.1) is 10.2 Å². The summed E-state index contributed by atoms with van der Waals surface area (Å²) in [5.41, 5.74) is 0.194. The van der Waals surface area contributed by atoms with Gasteiger partial charge >= 0.3 is 0 Å². The van der Waals surface area contributed by atoms with E-state index in [0.717, 1.165) is 37.1 Å². The predicted molar refractivity (Wildman–Crippen MR) is 102 cm³/mol. The highest BCUT2D eigenvalue weighted by atomic mass is 35.5. The van der Waals surface area contributed by atoms with Crippen LogP contribution in [0.4, 0.5) is 0 Å². The highest BCUT2D eigenvalue weighted by molar-refractivity contribution is 7.99. The molecule has 0 spiro atoms. The third kappa shape index (κ3) is 4.02. The van der Waals surface area contributed by atoms with Gasteiger partial charge in [-0.1, -0.05) is 35.5 Å². The minimum absolute atomic E-state index is 0.145. The second kappa shape index (κ2) is 8.11. The summed E-state index contributed by atoms with van der Waals surface area (Å²) in [7, 11) is 0. The SMILES string of the molecule is CCn1c(SCC(=O)NC2(C#N)CCCC2)nnc1-c1cccc(Cl)c1. The highest BCUT2D eigenvalue weighted by Crippen LogP contribution is 2.29. The quantitative estimate of drug-likeness (QED) is 0.762.